The number of anilines is 1. The van der Waals surface area contributed by atoms with Crippen molar-refractivity contribution in [2.24, 2.45) is 4.99 Å². The molecule has 3 aliphatic rings. The second kappa shape index (κ2) is 12.3. The Hall–Kier alpha value is -1.20. The molecule has 1 aromatic heterocycles. The van der Waals surface area contributed by atoms with Crippen LogP contribution < -0.4 is 15.5 Å². The maximum absolute atomic E-state index is 14.1. The van der Waals surface area contributed by atoms with E-state index < -0.39 is 0 Å². The molecule has 1 aliphatic carbocycles. The molecule has 2 saturated heterocycles. The van der Waals surface area contributed by atoms with Crippen LogP contribution in [0.5, 0.6) is 0 Å². The van der Waals surface area contributed by atoms with Gasteiger partial charge in [0, 0.05) is 50.5 Å². The number of nitrogens with zero attached hydrogens (tertiary/aromatic N) is 4. The van der Waals surface area contributed by atoms with Gasteiger partial charge in [-0.3, -0.25) is 9.89 Å². The topological polar surface area (TPSA) is 65.0 Å². The van der Waals surface area contributed by atoms with Crippen molar-refractivity contribution in [1.82, 2.24) is 20.5 Å². The van der Waals surface area contributed by atoms with Crippen LogP contribution in [-0.2, 0) is 4.74 Å². The molecule has 1 atom stereocenters. The first-order valence-corrected chi connectivity index (χ1v) is 11.9. The molecule has 0 radical (unpaired) electrons. The van der Waals surface area contributed by atoms with Crippen LogP contribution in [-0.4, -0.2) is 79.9 Å². The van der Waals surface area contributed by atoms with Crippen molar-refractivity contribution < 1.29 is 9.13 Å². The zero-order valence-corrected chi connectivity index (χ0v) is 21.5. The van der Waals surface area contributed by atoms with Crippen LogP contribution in [0.1, 0.15) is 45.4 Å². The third-order valence-corrected chi connectivity index (χ3v) is 6.91. The fraction of sp³-hybridized carbons (Fsp3) is 0.739. The Bertz CT molecular complexity index is 739. The fourth-order valence-electron chi connectivity index (χ4n) is 5.24. The number of nitrogens with one attached hydrogen (secondary N) is 2. The summed E-state index contributed by atoms with van der Waals surface area (Å²) in [5.74, 6) is 1.06. The maximum Gasteiger partial charge on any atom is 0.191 e. The van der Waals surface area contributed by atoms with Gasteiger partial charge in [-0.25, -0.2) is 9.37 Å². The predicted octanol–water partition coefficient (Wildman–Crippen LogP) is 3.01. The van der Waals surface area contributed by atoms with E-state index in [0.29, 0.717) is 5.82 Å². The smallest absolute Gasteiger partial charge is 0.191 e. The number of hydrogen-bond acceptors (Lipinski definition) is 5. The highest BCUT2D eigenvalue weighted by Gasteiger charge is 2.38. The molecular formula is C23H38FIN6O. The molecule has 0 amide bonds. The Labute approximate surface area is 208 Å². The SMILES string of the molecule is CCNC(=NCC1(N2CCOCC2)CCCCC1)NC1CCN(c2ncccc2F)C1.I. The van der Waals surface area contributed by atoms with Gasteiger partial charge in [0.05, 0.1) is 19.8 Å². The molecule has 2 aliphatic heterocycles. The van der Waals surface area contributed by atoms with Crippen LogP contribution in [0.3, 0.4) is 0 Å². The van der Waals surface area contributed by atoms with Crippen molar-refractivity contribution in [2.45, 2.75) is 57.0 Å². The van der Waals surface area contributed by atoms with Gasteiger partial charge in [0.1, 0.15) is 0 Å². The minimum Gasteiger partial charge on any atom is -0.379 e. The van der Waals surface area contributed by atoms with Crippen LogP contribution >= 0.6 is 24.0 Å². The Morgan fingerprint density at radius 2 is 2.03 bits per heavy atom. The van der Waals surface area contributed by atoms with Gasteiger partial charge >= 0.3 is 0 Å². The number of guanidine groups is 1. The highest BCUT2D eigenvalue weighted by Crippen LogP contribution is 2.34. The number of halogens is 2. The van der Waals surface area contributed by atoms with Gasteiger partial charge in [0.2, 0.25) is 0 Å². The van der Waals surface area contributed by atoms with Gasteiger partial charge in [0.25, 0.3) is 0 Å². The lowest BCUT2D eigenvalue weighted by molar-refractivity contribution is -0.0333. The summed E-state index contributed by atoms with van der Waals surface area (Å²) in [6.07, 6.45) is 8.91. The van der Waals surface area contributed by atoms with Gasteiger partial charge in [0.15, 0.2) is 17.6 Å². The molecular weight excluding hydrogens is 522 g/mol. The molecule has 3 fully saturated rings. The molecule has 4 rings (SSSR count). The standard InChI is InChI=1S/C23H37FN6O.HI/c1-2-25-22(28-19-8-12-29(17-19)21-20(24)7-6-11-26-21)27-18-23(9-4-3-5-10-23)30-13-15-31-16-14-30;/h6-7,11,19H,2-5,8-10,12-18H2,1H3,(H2,25,27,28);1H. The highest BCUT2D eigenvalue weighted by molar-refractivity contribution is 14.0. The second-order valence-corrected chi connectivity index (χ2v) is 8.96. The first kappa shape index (κ1) is 25.4. The number of rotatable bonds is 6. The zero-order chi connectivity index (χ0) is 21.5. The zero-order valence-electron chi connectivity index (χ0n) is 19.2. The van der Waals surface area contributed by atoms with Crippen molar-refractivity contribution in [3.05, 3.63) is 24.1 Å². The molecule has 0 spiro atoms. The summed E-state index contributed by atoms with van der Waals surface area (Å²) >= 11 is 0. The molecule has 7 nitrogen and oxygen atoms in total. The number of ether oxygens (including phenoxy) is 1. The Morgan fingerprint density at radius 3 is 2.75 bits per heavy atom. The van der Waals surface area contributed by atoms with Crippen molar-refractivity contribution in [1.29, 1.82) is 0 Å². The molecule has 3 heterocycles. The van der Waals surface area contributed by atoms with Crippen LogP contribution in [0, 0.1) is 5.82 Å². The van der Waals surface area contributed by atoms with Gasteiger partial charge in [-0.2, -0.15) is 0 Å². The lowest BCUT2D eigenvalue weighted by atomic mass is 9.80. The van der Waals surface area contributed by atoms with E-state index in [0.717, 1.165) is 64.9 Å². The maximum atomic E-state index is 14.1. The van der Waals surface area contributed by atoms with Crippen LogP contribution in [0.25, 0.3) is 0 Å². The van der Waals surface area contributed by atoms with Gasteiger partial charge in [-0.1, -0.05) is 19.3 Å². The number of morpholine rings is 1. The quantitative estimate of drug-likeness (QED) is 0.317. The summed E-state index contributed by atoms with van der Waals surface area (Å²) in [6, 6.07) is 3.34. The molecule has 9 heteroatoms. The van der Waals surface area contributed by atoms with Gasteiger partial charge in [-0.05, 0) is 38.3 Å². The molecule has 1 saturated carbocycles. The van der Waals surface area contributed by atoms with E-state index >= 15 is 0 Å². The van der Waals surface area contributed by atoms with E-state index in [1.165, 1.54) is 38.2 Å². The van der Waals surface area contributed by atoms with E-state index in [-0.39, 0.29) is 41.4 Å². The Morgan fingerprint density at radius 1 is 1.25 bits per heavy atom. The average molecular weight is 561 g/mol. The molecule has 0 aromatic carbocycles. The lowest BCUT2D eigenvalue weighted by Crippen LogP contribution is -2.57. The summed E-state index contributed by atoms with van der Waals surface area (Å²) in [6.45, 7) is 8.92. The van der Waals surface area contributed by atoms with Crippen LogP contribution in [0.4, 0.5) is 10.2 Å². The Balaban J connectivity index is 0.00000289. The molecule has 2 N–H and O–H groups in total. The first-order valence-electron chi connectivity index (χ1n) is 11.9. The number of aromatic nitrogens is 1. The molecule has 180 valence electrons. The fourth-order valence-corrected chi connectivity index (χ4v) is 5.24. The molecule has 1 aromatic rings. The van der Waals surface area contributed by atoms with E-state index in [1.807, 2.05) is 4.90 Å². The highest BCUT2D eigenvalue weighted by atomic mass is 127. The van der Waals surface area contributed by atoms with Crippen LogP contribution in [0.15, 0.2) is 23.3 Å². The predicted molar refractivity (Wildman–Crippen MR) is 138 cm³/mol. The van der Waals surface area contributed by atoms with E-state index in [2.05, 4.69) is 27.4 Å². The normalized spacial score (nSPS) is 24.1. The van der Waals surface area contributed by atoms with E-state index in [9.17, 15) is 4.39 Å². The number of hydrogen-bond donors (Lipinski definition) is 2. The minimum absolute atomic E-state index is 0. The van der Waals surface area contributed by atoms with E-state index in [4.69, 9.17) is 9.73 Å². The molecule has 1 unspecified atom stereocenters. The summed E-state index contributed by atoms with van der Waals surface area (Å²) in [5.41, 5.74) is 0.156. The largest absolute Gasteiger partial charge is 0.379 e. The summed E-state index contributed by atoms with van der Waals surface area (Å²) in [7, 11) is 0. The van der Waals surface area contributed by atoms with Crippen molar-refractivity contribution in [3.8, 4) is 0 Å². The van der Waals surface area contributed by atoms with Gasteiger partial charge in [-0.15, -0.1) is 24.0 Å². The molecule has 32 heavy (non-hydrogen) atoms. The third kappa shape index (κ3) is 6.22. The molecule has 0 bridgehead atoms. The second-order valence-electron chi connectivity index (χ2n) is 8.96. The van der Waals surface area contributed by atoms with Crippen molar-refractivity contribution in [2.75, 3.05) is 57.4 Å². The third-order valence-electron chi connectivity index (χ3n) is 6.91. The summed E-state index contributed by atoms with van der Waals surface area (Å²) in [5, 5.41) is 7.02. The minimum atomic E-state index is -0.256. The summed E-state index contributed by atoms with van der Waals surface area (Å²) < 4.78 is 19.7. The van der Waals surface area contributed by atoms with E-state index in [1.54, 1.807) is 12.3 Å². The Kier molecular flexibility index (Phi) is 9.78. The van der Waals surface area contributed by atoms with Crippen molar-refractivity contribution >= 4 is 35.8 Å². The number of aliphatic imine (C=N–C) groups is 1. The lowest BCUT2D eigenvalue weighted by Gasteiger charge is -2.47. The average Bonchev–Trinajstić information content (AvgIpc) is 3.27. The van der Waals surface area contributed by atoms with Crippen molar-refractivity contribution in [3.63, 3.8) is 0 Å². The number of pyridine rings is 1. The first-order chi connectivity index (χ1) is 15.2. The summed E-state index contributed by atoms with van der Waals surface area (Å²) in [4.78, 5) is 13.9. The van der Waals surface area contributed by atoms with Crippen LogP contribution in [0.2, 0.25) is 0 Å². The monoisotopic (exact) mass is 560 g/mol. The van der Waals surface area contributed by atoms with Gasteiger partial charge < -0.3 is 20.3 Å².